The SMILES string of the molecule is Cc1c(C)c(C(O)=C2C(C)C(C)C(C)C(C)C2C)c(C)c(C(C)(C)C(=O)O)c1C. The smallest absolute Gasteiger partial charge is 0.313 e. The second-order valence-corrected chi connectivity index (χ2v) is 10.1. The topological polar surface area (TPSA) is 57.5 Å². The fraction of sp³-hybridized carbons (Fsp3) is 0.654. The van der Waals surface area contributed by atoms with Gasteiger partial charge in [-0.3, -0.25) is 4.79 Å². The van der Waals surface area contributed by atoms with Crippen LogP contribution >= 0.6 is 0 Å². The van der Waals surface area contributed by atoms with Crippen LogP contribution in [0.4, 0.5) is 0 Å². The van der Waals surface area contributed by atoms with Crippen molar-refractivity contribution in [3.63, 3.8) is 0 Å². The zero-order valence-electron chi connectivity index (χ0n) is 20.2. The van der Waals surface area contributed by atoms with Crippen LogP contribution in [-0.4, -0.2) is 16.2 Å². The molecule has 0 aliphatic heterocycles. The van der Waals surface area contributed by atoms with E-state index in [0.29, 0.717) is 23.5 Å². The maximum Gasteiger partial charge on any atom is 0.313 e. The first-order chi connectivity index (χ1) is 13.2. The van der Waals surface area contributed by atoms with Gasteiger partial charge < -0.3 is 10.2 Å². The maximum absolute atomic E-state index is 12.1. The van der Waals surface area contributed by atoms with E-state index in [-0.39, 0.29) is 11.8 Å². The largest absolute Gasteiger partial charge is 0.507 e. The summed E-state index contributed by atoms with van der Waals surface area (Å²) in [7, 11) is 0. The first kappa shape index (κ1) is 23.5. The molecule has 1 aromatic rings. The number of carbonyl (C=O) groups is 1. The summed E-state index contributed by atoms with van der Waals surface area (Å²) in [6.45, 7) is 22.9. The third-order valence-electron chi connectivity index (χ3n) is 8.51. The van der Waals surface area contributed by atoms with Gasteiger partial charge in [0.05, 0.1) is 5.41 Å². The third kappa shape index (κ3) is 3.51. The van der Waals surface area contributed by atoms with Gasteiger partial charge in [-0.15, -0.1) is 0 Å². The summed E-state index contributed by atoms with van der Waals surface area (Å²) in [5.41, 5.74) is 5.76. The molecule has 0 bridgehead atoms. The lowest BCUT2D eigenvalue weighted by atomic mass is 9.61. The van der Waals surface area contributed by atoms with E-state index in [1.165, 1.54) is 0 Å². The van der Waals surface area contributed by atoms with Crippen LogP contribution in [0, 0.1) is 57.3 Å². The Morgan fingerprint density at radius 2 is 1.17 bits per heavy atom. The van der Waals surface area contributed by atoms with Gasteiger partial charge in [0, 0.05) is 5.56 Å². The number of benzene rings is 1. The molecule has 1 aliphatic carbocycles. The number of aliphatic hydroxyl groups is 1. The highest BCUT2D eigenvalue weighted by molar-refractivity contribution is 5.84. The molecule has 4 unspecified atom stereocenters. The Hall–Kier alpha value is -1.77. The normalized spacial score (nSPS) is 27.8. The lowest BCUT2D eigenvalue weighted by Gasteiger charge is -2.44. The fourth-order valence-electron chi connectivity index (χ4n) is 5.69. The van der Waals surface area contributed by atoms with Gasteiger partial charge >= 0.3 is 5.97 Å². The summed E-state index contributed by atoms with van der Waals surface area (Å²) < 4.78 is 0. The predicted molar refractivity (Wildman–Crippen MR) is 121 cm³/mol. The predicted octanol–water partition coefficient (Wildman–Crippen LogP) is 6.75. The van der Waals surface area contributed by atoms with Gasteiger partial charge in [0.2, 0.25) is 0 Å². The number of carboxylic acid groups (broad SMARTS) is 1. The van der Waals surface area contributed by atoms with Crippen molar-refractivity contribution in [3.8, 4) is 0 Å². The summed E-state index contributed by atoms with van der Waals surface area (Å²) in [4.78, 5) is 12.1. The van der Waals surface area contributed by atoms with Gasteiger partial charge in [-0.05, 0) is 105 Å². The first-order valence-electron chi connectivity index (χ1n) is 10.9. The molecule has 4 atom stereocenters. The molecule has 1 aromatic carbocycles. The molecular formula is C26H40O3. The van der Waals surface area contributed by atoms with Crippen molar-refractivity contribution in [2.24, 2.45) is 29.6 Å². The molecule has 0 radical (unpaired) electrons. The Morgan fingerprint density at radius 1 is 0.724 bits per heavy atom. The highest BCUT2D eigenvalue weighted by Gasteiger charge is 2.41. The molecule has 2 rings (SSSR count). The van der Waals surface area contributed by atoms with E-state index < -0.39 is 11.4 Å². The van der Waals surface area contributed by atoms with E-state index in [1.807, 2.05) is 27.7 Å². The standard InChI is InChI=1S/C26H40O3/c1-12-13(2)16(5)21(17(6)14(12)3)24(27)22-18(7)15(4)19(8)23(20(22)9)26(10,11)25(28)29/h12-14,16-17,27H,1-11H3,(H,28,29). The van der Waals surface area contributed by atoms with Gasteiger partial charge in [0.15, 0.2) is 0 Å². The molecule has 0 aromatic heterocycles. The minimum atomic E-state index is -1.02. The van der Waals surface area contributed by atoms with E-state index in [2.05, 4.69) is 34.6 Å². The molecule has 1 fully saturated rings. The quantitative estimate of drug-likeness (QED) is 0.552. The minimum absolute atomic E-state index is 0.285. The van der Waals surface area contributed by atoms with E-state index in [1.54, 1.807) is 13.8 Å². The zero-order chi connectivity index (χ0) is 22.6. The average molecular weight is 401 g/mol. The van der Waals surface area contributed by atoms with Crippen LogP contribution in [0.5, 0.6) is 0 Å². The lowest BCUT2D eigenvalue weighted by molar-refractivity contribution is -0.142. The van der Waals surface area contributed by atoms with E-state index in [4.69, 9.17) is 0 Å². The van der Waals surface area contributed by atoms with Crippen LogP contribution in [-0.2, 0) is 10.2 Å². The van der Waals surface area contributed by atoms with E-state index in [9.17, 15) is 15.0 Å². The van der Waals surface area contributed by atoms with Crippen molar-refractivity contribution < 1.29 is 15.0 Å². The van der Waals surface area contributed by atoms with E-state index in [0.717, 1.165) is 39.0 Å². The molecule has 0 spiro atoms. The van der Waals surface area contributed by atoms with Crippen LogP contribution in [0.1, 0.15) is 81.8 Å². The minimum Gasteiger partial charge on any atom is -0.507 e. The molecule has 1 aliphatic rings. The lowest BCUT2D eigenvalue weighted by Crippen LogP contribution is -2.36. The fourth-order valence-corrected chi connectivity index (χ4v) is 5.69. The number of rotatable bonds is 3. The van der Waals surface area contributed by atoms with Crippen LogP contribution in [0.2, 0.25) is 0 Å². The van der Waals surface area contributed by atoms with Gasteiger partial charge in [-0.2, -0.15) is 0 Å². The van der Waals surface area contributed by atoms with Crippen molar-refractivity contribution in [2.45, 2.75) is 81.6 Å². The summed E-state index contributed by atoms with van der Waals surface area (Å²) in [6.07, 6.45) is 0. The molecule has 29 heavy (non-hydrogen) atoms. The van der Waals surface area contributed by atoms with Crippen molar-refractivity contribution in [1.82, 2.24) is 0 Å². The second kappa shape index (κ2) is 7.81. The Morgan fingerprint density at radius 3 is 1.59 bits per heavy atom. The molecule has 3 nitrogen and oxygen atoms in total. The molecular weight excluding hydrogens is 360 g/mol. The molecule has 2 N–H and O–H groups in total. The highest BCUT2D eigenvalue weighted by Crippen LogP contribution is 2.48. The van der Waals surface area contributed by atoms with Crippen molar-refractivity contribution in [2.75, 3.05) is 0 Å². The molecule has 1 saturated carbocycles. The number of allylic oxidation sites excluding steroid dienone is 1. The van der Waals surface area contributed by atoms with E-state index >= 15 is 0 Å². The van der Waals surface area contributed by atoms with Crippen molar-refractivity contribution in [1.29, 1.82) is 0 Å². The Labute approximate surface area is 177 Å². The first-order valence-corrected chi connectivity index (χ1v) is 10.9. The second-order valence-electron chi connectivity index (χ2n) is 10.1. The maximum atomic E-state index is 12.1. The average Bonchev–Trinajstić information content (AvgIpc) is 2.63. The summed E-state index contributed by atoms with van der Waals surface area (Å²) in [5.74, 6) is 1.66. The van der Waals surface area contributed by atoms with Crippen molar-refractivity contribution >= 4 is 11.7 Å². The molecule has 3 heteroatoms. The van der Waals surface area contributed by atoms with Crippen LogP contribution in [0.25, 0.3) is 5.76 Å². The summed E-state index contributed by atoms with van der Waals surface area (Å²) in [5, 5.41) is 21.5. The zero-order valence-corrected chi connectivity index (χ0v) is 20.2. The molecule has 0 saturated heterocycles. The molecule has 162 valence electrons. The number of hydrogen-bond donors (Lipinski definition) is 2. The molecule has 0 amide bonds. The summed E-state index contributed by atoms with van der Waals surface area (Å²) in [6, 6.07) is 0. The number of carboxylic acids is 1. The highest BCUT2D eigenvalue weighted by atomic mass is 16.4. The Bertz CT molecular complexity index is 841. The number of hydrogen-bond acceptors (Lipinski definition) is 2. The Balaban J connectivity index is 2.89. The Kier molecular flexibility index (Phi) is 6.33. The third-order valence-corrected chi connectivity index (χ3v) is 8.51. The van der Waals surface area contributed by atoms with Gasteiger partial charge in [-0.25, -0.2) is 0 Å². The number of aliphatic hydroxyl groups excluding tert-OH is 1. The van der Waals surface area contributed by atoms with Crippen LogP contribution < -0.4 is 0 Å². The van der Waals surface area contributed by atoms with Gasteiger partial charge in [0.25, 0.3) is 0 Å². The van der Waals surface area contributed by atoms with Crippen molar-refractivity contribution in [3.05, 3.63) is 39.0 Å². The van der Waals surface area contributed by atoms with Gasteiger partial charge in [-0.1, -0.05) is 34.6 Å². The molecule has 0 heterocycles. The van der Waals surface area contributed by atoms with Crippen LogP contribution in [0.15, 0.2) is 5.57 Å². The monoisotopic (exact) mass is 400 g/mol. The number of aliphatic carboxylic acids is 1. The van der Waals surface area contributed by atoms with Gasteiger partial charge in [0.1, 0.15) is 5.76 Å². The van der Waals surface area contributed by atoms with Crippen LogP contribution in [0.3, 0.4) is 0 Å². The summed E-state index contributed by atoms with van der Waals surface area (Å²) >= 11 is 0.